The molecule has 0 aliphatic heterocycles. The molecule has 3 nitrogen and oxygen atoms in total. The van der Waals surface area contributed by atoms with Gasteiger partial charge in [0.2, 0.25) is 0 Å². The fourth-order valence-corrected chi connectivity index (χ4v) is 1.24. The smallest absolute Gasteiger partial charge is 0.137 e. The maximum atomic E-state index is 11.3. The Morgan fingerprint density at radius 3 is 2.56 bits per heavy atom. The third-order valence-corrected chi connectivity index (χ3v) is 2.07. The average molecular weight is 288 g/mol. The molecule has 0 aliphatic rings. The van der Waals surface area contributed by atoms with Crippen LogP contribution in [-0.2, 0) is 32.7 Å². The van der Waals surface area contributed by atoms with Gasteiger partial charge in [0.1, 0.15) is 5.56 Å². The number of H-pyrrole nitrogens is 1. The van der Waals surface area contributed by atoms with E-state index in [1.165, 1.54) is 0 Å². The zero-order chi connectivity index (χ0) is 10.7. The van der Waals surface area contributed by atoms with E-state index in [4.69, 9.17) is 0 Å². The number of para-hydroxylation sites is 1. The summed E-state index contributed by atoms with van der Waals surface area (Å²) in [6.45, 7) is 1.73. The summed E-state index contributed by atoms with van der Waals surface area (Å²) in [5.74, 6) is 0.650. The first-order chi connectivity index (χ1) is 7.25. The number of aromatic amines is 1. The monoisotopic (exact) mass is 288 g/mol. The van der Waals surface area contributed by atoms with Crippen LogP contribution in [0, 0.1) is 13.0 Å². The summed E-state index contributed by atoms with van der Waals surface area (Å²) in [7, 11) is 0. The van der Waals surface area contributed by atoms with Crippen LogP contribution in [0.2, 0.25) is 0 Å². The van der Waals surface area contributed by atoms with Crippen LogP contribution in [-0.4, -0.2) is 4.98 Å². The largest absolute Gasteiger partial charge is 0.415 e. The Labute approximate surface area is 119 Å². The number of nitrogens with one attached hydrogen (secondary N) is 2. The van der Waals surface area contributed by atoms with Gasteiger partial charge in [-0.25, -0.2) is 0 Å². The van der Waals surface area contributed by atoms with Gasteiger partial charge in [-0.1, -0.05) is 25.1 Å². The van der Waals surface area contributed by atoms with Crippen molar-refractivity contribution < 1.29 is 32.7 Å². The average Bonchev–Trinajstić information content (AvgIpc) is 2.25. The van der Waals surface area contributed by atoms with Crippen molar-refractivity contribution in [3.05, 3.63) is 58.4 Å². The summed E-state index contributed by atoms with van der Waals surface area (Å²) in [4.78, 5) is 14.0. The molecule has 0 spiro atoms. The second-order valence-electron chi connectivity index (χ2n) is 3.27. The van der Waals surface area contributed by atoms with Gasteiger partial charge >= 0.3 is 0 Å². The molecule has 0 aliphatic carbocycles. The molecule has 0 bridgehead atoms. The molecule has 2 aromatic rings. The molecule has 1 radical (unpaired) electrons. The van der Waals surface area contributed by atoms with E-state index < -0.39 is 0 Å². The van der Waals surface area contributed by atoms with E-state index in [9.17, 15) is 4.79 Å². The Kier molecular flexibility index (Phi) is 4.90. The van der Waals surface area contributed by atoms with Crippen LogP contribution < -0.4 is 10.9 Å². The van der Waals surface area contributed by atoms with E-state index in [0.29, 0.717) is 11.4 Å². The van der Waals surface area contributed by atoms with Crippen LogP contribution in [0.1, 0.15) is 5.56 Å². The minimum Gasteiger partial charge on any atom is -0.415 e. The van der Waals surface area contributed by atoms with Crippen LogP contribution in [0.3, 0.4) is 0 Å². The molecule has 0 saturated carbocycles. The third kappa shape index (κ3) is 3.29. The van der Waals surface area contributed by atoms with E-state index in [1.807, 2.05) is 30.3 Å². The van der Waals surface area contributed by atoms with Crippen LogP contribution in [0.5, 0.6) is 0 Å². The standard InChI is InChI=1S/C12H11N2O.Y/c1-9-7-8-11(14-12(9)15)13-10-5-3-2-4-6-10;/h2-6,8H,1H3,(H2,13,14,15);/q-1;. The second-order valence-corrected chi connectivity index (χ2v) is 3.27. The van der Waals surface area contributed by atoms with Gasteiger partial charge in [-0.15, -0.1) is 11.6 Å². The van der Waals surface area contributed by atoms with Gasteiger partial charge in [-0.3, -0.25) is 0 Å². The minimum atomic E-state index is -0.115. The Morgan fingerprint density at radius 1 is 1.25 bits per heavy atom. The van der Waals surface area contributed by atoms with Gasteiger partial charge < -0.3 is 15.1 Å². The molecule has 0 amide bonds. The van der Waals surface area contributed by atoms with Crippen molar-refractivity contribution in [3.8, 4) is 0 Å². The van der Waals surface area contributed by atoms with E-state index >= 15 is 0 Å². The number of anilines is 2. The normalized spacial score (nSPS) is 9.31. The van der Waals surface area contributed by atoms with Crippen molar-refractivity contribution >= 4 is 11.5 Å². The van der Waals surface area contributed by atoms with Crippen LogP contribution in [0.25, 0.3) is 0 Å². The predicted octanol–water partition coefficient (Wildman–Crippen LogP) is 2.22. The Hall–Kier alpha value is -0.926. The van der Waals surface area contributed by atoms with Crippen molar-refractivity contribution in [1.29, 1.82) is 0 Å². The van der Waals surface area contributed by atoms with E-state index in [1.54, 1.807) is 13.0 Å². The number of aryl methyl sites for hydroxylation is 1. The van der Waals surface area contributed by atoms with Gasteiger partial charge in [0.15, 0.2) is 0 Å². The zero-order valence-electron chi connectivity index (χ0n) is 8.95. The van der Waals surface area contributed by atoms with Gasteiger partial charge in [0, 0.05) is 38.4 Å². The van der Waals surface area contributed by atoms with Gasteiger partial charge in [0.25, 0.3) is 0 Å². The SMILES string of the molecule is Cc1[c-]cc(Nc2ccccc2)[nH]c1=O.[Y]. The summed E-state index contributed by atoms with van der Waals surface area (Å²) in [6.07, 6.45) is 0. The number of benzene rings is 1. The molecule has 16 heavy (non-hydrogen) atoms. The third-order valence-electron chi connectivity index (χ3n) is 2.07. The Morgan fingerprint density at radius 2 is 1.94 bits per heavy atom. The maximum absolute atomic E-state index is 11.3. The minimum absolute atomic E-state index is 0. The summed E-state index contributed by atoms with van der Waals surface area (Å²) in [6, 6.07) is 14.3. The fraction of sp³-hybridized carbons (Fsp3) is 0.0833. The molecule has 0 saturated heterocycles. The van der Waals surface area contributed by atoms with Crippen molar-refractivity contribution in [2.24, 2.45) is 0 Å². The molecule has 1 aromatic heterocycles. The van der Waals surface area contributed by atoms with Gasteiger partial charge in [0.05, 0.1) is 0 Å². The maximum Gasteiger partial charge on any atom is 0.137 e. The first-order valence-electron chi connectivity index (χ1n) is 4.69. The Bertz CT molecular complexity index is 508. The van der Waals surface area contributed by atoms with Crippen molar-refractivity contribution in [3.63, 3.8) is 0 Å². The van der Waals surface area contributed by atoms with Crippen molar-refractivity contribution in [2.75, 3.05) is 5.32 Å². The summed E-state index contributed by atoms with van der Waals surface area (Å²) < 4.78 is 0. The topological polar surface area (TPSA) is 44.9 Å². The summed E-state index contributed by atoms with van der Waals surface area (Å²) >= 11 is 0. The van der Waals surface area contributed by atoms with Crippen LogP contribution in [0.4, 0.5) is 11.5 Å². The van der Waals surface area contributed by atoms with Gasteiger partial charge in [-0.05, 0) is 18.0 Å². The molecule has 0 unspecified atom stereocenters. The number of pyridine rings is 1. The number of aromatic nitrogens is 1. The van der Waals surface area contributed by atoms with E-state index in [0.717, 1.165) is 5.69 Å². The first-order valence-corrected chi connectivity index (χ1v) is 4.69. The fourth-order valence-electron chi connectivity index (χ4n) is 1.24. The van der Waals surface area contributed by atoms with Crippen LogP contribution >= 0.6 is 0 Å². The predicted molar refractivity (Wildman–Crippen MR) is 60.4 cm³/mol. The van der Waals surface area contributed by atoms with Crippen molar-refractivity contribution in [1.82, 2.24) is 4.98 Å². The molecule has 2 rings (SSSR count). The second kappa shape index (κ2) is 5.97. The quantitative estimate of drug-likeness (QED) is 0.832. The van der Waals surface area contributed by atoms with Crippen LogP contribution in [0.15, 0.2) is 41.2 Å². The number of rotatable bonds is 2. The number of hydrogen-bond donors (Lipinski definition) is 2. The molecular weight excluding hydrogens is 277 g/mol. The molecule has 0 fully saturated rings. The molecule has 1 aromatic carbocycles. The molecule has 1 heterocycles. The van der Waals surface area contributed by atoms with Gasteiger partial charge in [-0.2, -0.15) is 6.07 Å². The number of hydrogen-bond acceptors (Lipinski definition) is 2. The molecule has 4 heteroatoms. The molecule has 79 valence electrons. The van der Waals surface area contributed by atoms with E-state index in [-0.39, 0.29) is 38.3 Å². The first kappa shape index (κ1) is 13.1. The molecular formula is C12H11N2OY-. The Balaban J connectivity index is 0.00000128. The summed E-state index contributed by atoms with van der Waals surface area (Å²) in [5.41, 5.74) is 1.41. The molecule has 0 atom stereocenters. The summed E-state index contributed by atoms with van der Waals surface area (Å²) in [5, 5.41) is 3.09. The zero-order valence-corrected chi connectivity index (χ0v) is 11.8. The molecule has 2 N–H and O–H groups in total. The van der Waals surface area contributed by atoms with E-state index in [2.05, 4.69) is 16.4 Å². The van der Waals surface area contributed by atoms with Crippen molar-refractivity contribution in [2.45, 2.75) is 6.92 Å².